The van der Waals surface area contributed by atoms with Gasteiger partial charge in [-0.1, -0.05) is 61.3 Å². The molecule has 144 valence electrons. The third kappa shape index (κ3) is 3.08. The van der Waals surface area contributed by atoms with Crippen LogP contribution in [-0.2, 0) is 0 Å². The van der Waals surface area contributed by atoms with Crippen molar-refractivity contribution in [3.8, 4) is 6.07 Å². The number of amides is 2. The first kappa shape index (κ1) is 19.2. The fourth-order valence-corrected chi connectivity index (χ4v) is 4.20. The highest BCUT2D eigenvalue weighted by Gasteiger charge is 2.33. The number of carbonyl (C=O) groups is 2. The normalized spacial score (nSPS) is 14.2. The summed E-state index contributed by atoms with van der Waals surface area (Å²) in [4.78, 5) is 27.4. The van der Waals surface area contributed by atoms with Crippen LogP contribution in [0.25, 0.3) is 10.8 Å². The Morgan fingerprint density at radius 1 is 0.966 bits per heavy atom. The molecule has 0 N–H and O–H groups in total. The minimum atomic E-state index is -0.601. The second-order valence-corrected chi connectivity index (χ2v) is 7.54. The lowest BCUT2D eigenvalue weighted by atomic mass is 9.84. The largest absolute Gasteiger partial charge is 0.274 e. The molecule has 0 saturated carbocycles. The first-order chi connectivity index (χ1) is 14.1. The predicted octanol–water partition coefficient (Wildman–Crippen LogP) is 5.54. The van der Waals surface area contributed by atoms with Crippen molar-refractivity contribution < 1.29 is 9.59 Å². The lowest BCUT2D eigenvalue weighted by Crippen LogP contribution is -2.40. The average molecular weight is 403 g/mol. The van der Waals surface area contributed by atoms with Gasteiger partial charge in [0.1, 0.15) is 0 Å². The van der Waals surface area contributed by atoms with E-state index in [0.29, 0.717) is 33.6 Å². The van der Waals surface area contributed by atoms with Gasteiger partial charge in [0, 0.05) is 28.1 Å². The Morgan fingerprint density at radius 2 is 1.69 bits per heavy atom. The molecule has 3 aromatic carbocycles. The van der Waals surface area contributed by atoms with Crippen molar-refractivity contribution in [1.29, 1.82) is 5.26 Å². The molecule has 0 radical (unpaired) electrons. The number of halogens is 1. The molecule has 1 unspecified atom stereocenters. The SMILES string of the molecule is CCCCN1C(=O)c2cccc3c(C(C#N)c4ccccc4Cl)ccc(c23)C1=O. The second-order valence-electron chi connectivity index (χ2n) is 7.13. The van der Waals surface area contributed by atoms with Crippen molar-refractivity contribution in [2.45, 2.75) is 25.7 Å². The number of rotatable bonds is 5. The quantitative estimate of drug-likeness (QED) is 0.526. The van der Waals surface area contributed by atoms with E-state index in [9.17, 15) is 14.9 Å². The molecule has 5 heteroatoms. The van der Waals surface area contributed by atoms with Crippen LogP contribution in [0.15, 0.2) is 54.6 Å². The van der Waals surface area contributed by atoms with Crippen LogP contribution in [0.3, 0.4) is 0 Å². The first-order valence-electron chi connectivity index (χ1n) is 9.64. The average Bonchev–Trinajstić information content (AvgIpc) is 2.74. The van der Waals surface area contributed by atoms with Crippen LogP contribution in [0.2, 0.25) is 5.02 Å². The third-order valence-corrected chi connectivity index (χ3v) is 5.76. The van der Waals surface area contributed by atoms with Crippen molar-refractivity contribution >= 4 is 34.2 Å². The first-order valence-corrected chi connectivity index (χ1v) is 10.0. The molecule has 1 atom stereocenters. The summed E-state index contributed by atoms with van der Waals surface area (Å²) in [5.41, 5.74) is 2.45. The molecule has 1 aliphatic rings. The summed E-state index contributed by atoms with van der Waals surface area (Å²) in [6.07, 6.45) is 1.67. The minimum absolute atomic E-state index is 0.273. The summed E-state index contributed by atoms with van der Waals surface area (Å²) in [6.45, 7) is 2.43. The van der Waals surface area contributed by atoms with Crippen LogP contribution in [0, 0.1) is 11.3 Å². The highest BCUT2D eigenvalue weighted by molar-refractivity contribution is 6.31. The number of unbranched alkanes of at least 4 members (excludes halogenated alkanes) is 1. The number of nitriles is 1. The van der Waals surface area contributed by atoms with Gasteiger partial charge < -0.3 is 0 Å². The van der Waals surface area contributed by atoms with E-state index in [1.54, 1.807) is 24.3 Å². The van der Waals surface area contributed by atoms with Crippen LogP contribution in [0.5, 0.6) is 0 Å². The monoisotopic (exact) mass is 402 g/mol. The summed E-state index contributed by atoms with van der Waals surface area (Å²) in [5.74, 6) is -1.15. The molecule has 0 fully saturated rings. The number of hydrogen-bond donors (Lipinski definition) is 0. The van der Waals surface area contributed by atoms with Gasteiger partial charge in [0.05, 0.1) is 12.0 Å². The van der Waals surface area contributed by atoms with E-state index in [1.807, 2.05) is 37.3 Å². The van der Waals surface area contributed by atoms with E-state index < -0.39 is 5.92 Å². The Kier molecular flexibility index (Phi) is 5.08. The molecule has 0 spiro atoms. The molecule has 1 heterocycles. The van der Waals surface area contributed by atoms with Gasteiger partial charge in [-0.3, -0.25) is 14.5 Å². The van der Waals surface area contributed by atoms with Gasteiger partial charge in [0.15, 0.2) is 0 Å². The maximum absolute atomic E-state index is 13.0. The Balaban J connectivity index is 1.92. The van der Waals surface area contributed by atoms with E-state index in [4.69, 9.17) is 11.6 Å². The van der Waals surface area contributed by atoms with Crippen LogP contribution in [0.4, 0.5) is 0 Å². The van der Waals surface area contributed by atoms with Crippen LogP contribution in [-0.4, -0.2) is 23.3 Å². The smallest absolute Gasteiger partial charge is 0.261 e. The zero-order valence-corrected chi connectivity index (χ0v) is 16.7. The van der Waals surface area contributed by atoms with Crippen molar-refractivity contribution in [1.82, 2.24) is 4.90 Å². The highest BCUT2D eigenvalue weighted by Crippen LogP contribution is 2.38. The second kappa shape index (κ2) is 7.69. The fourth-order valence-electron chi connectivity index (χ4n) is 3.96. The Bertz CT molecular complexity index is 1160. The lowest BCUT2D eigenvalue weighted by molar-refractivity contribution is 0.0608. The van der Waals surface area contributed by atoms with E-state index in [0.717, 1.165) is 23.8 Å². The summed E-state index contributed by atoms with van der Waals surface area (Å²) < 4.78 is 0. The van der Waals surface area contributed by atoms with Crippen molar-refractivity contribution in [2.75, 3.05) is 6.54 Å². The number of imide groups is 1. The zero-order chi connectivity index (χ0) is 20.5. The molecule has 4 rings (SSSR count). The molecule has 3 aromatic rings. The van der Waals surface area contributed by atoms with E-state index in [1.165, 1.54) is 4.90 Å². The predicted molar refractivity (Wildman–Crippen MR) is 113 cm³/mol. The van der Waals surface area contributed by atoms with Crippen molar-refractivity contribution in [3.05, 3.63) is 81.9 Å². The Labute approximate surface area is 174 Å². The Morgan fingerprint density at radius 3 is 2.38 bits per heavy atom. The zero-order valence-electron chi connectivity index (χ0n) is 16.0. The maximum atomic E-state index is 13.0. The molecule has 0 saturated heterocycles. The van der Waals surface area contributed by atoms with Crippen molar-refractivity contribution in [2.24, 2.45) is 0 Å². The van der Waals surface area contributed by atoms with Crippen LogP contribution < -0.4 is 0 Å². The third-order valence-electron chi connectivity index (χ3n) is 5.42. The Hall–Kier alpha value is -3.16. The summed E-state index contributed by atoms with van der Waals surface area (Å²) >= 11 is 6.35. The summed E-state index contributed by atoms with van der Waals surface area (Å²) in [7, 11) is 0. The van der Waals surface area contributed by atoms with Gasteiger partial charge in [-0.25, -0.2) is 0 Å². The standard InChI is InChI=1S/C24H19ClN2O2/c1-2-3-13-27-23(28)18-9-6-8-17-15(11-12-19(22(17)18)24(27)29)20(14-26)16-7-4-5-10-21(16)25/h4-12,20H,2-3,13H2,1H3. The molecule has 29 heavy (non-hydrogen) atoms. The van der Waals surface area contributed by atoms with Crippen molar-refractivity contribution in [3.63, 3.8) is 0 Å². The molecular weight excluding hydrogens is 384 g/mol. The summed E-state index contributed by atoms with van der Waals surface area (Å²) in [5, 5.41) is 11.8. The van der Waals surface area contributed by atoms with E-state index >= 15 is 0 Å². The van der Waals surface area contributed by atoms with Gasteiger partial charge in [0.25, 0.3) is 11.8 Å². The van der Waals surface area contributed by atoms with E-state index in [2.05, 4.69) is 6.07 Å². The van der Waals surface area contributed by atoms with Gasteiger partial charge in [-0.2, -0.15) is 5.26 Å². The van der Waals surface area contributed by atoms with E-state index in [-0.39, 0.29) is 11.8 Å². The molecule has 0 aromatic heterocycles. The number of carbonyl (C=O) groups excluding carboxylic acids is 2. The maximum Gasteiger partial charge on any atom is 0.261 e. The topological polar surface area (TPSA) is 61.2 Å². The van der Waals surface area contributed by atoms with Crippen LogP contribution >= 0.6 is 11.6 Å². The molecule has 0 bridgehead atoms. The number of benzene rings is 3. The molecule has 4 nitrogen and oxygen atoms in total. The number of hydrogen-bond acceptors (Lipinski definition) is 3. The van der Waals surface area contributed by atoms with Gasteiger partial charge in [0.2, 0.25) is 0 Å². The molecule has 2 amide bonds. The van der Waals surface area contributed by atoms with Gasteiger partial charge in [-0.15, -0.1) is 0 Å². The molecular formula is C24H19ClN2O2. The lowest BCUT2D eigenvalue weighted by Gasteiger charge is -2.28. The molecule has 1 aliphatic heterocycles. The summed E-state index contributed by atoms with van der Waals surface area (Å²) in [6, 6.07) is 18.5. The fraction of sp³-hybridized carbons (Fsp3) is 0.208. The highest BCUT2D eigenvalue weighted by atomic mass is 35.5. The van der Waals surface area contributed by atoms with Gasteiger partial charge in [-0.05, 0) is 41.1 Å². The number of nitrogens with zero attached hydrogens (tertiary/aromatic N) is 2. The molecule has 0 aliphatic carbocycles. The van der Waals surface area contributed by atoms with Crippen LogP contribution in [0.1, 0.15) is 57.5 Å². The van der Waals surface area contributed by atoms with Gasteiger partial charge >= 0.3 is 0 Å². The minimum Gasteiger partial charge on any atom is -0.274 e.